The summed E-state index contributed by atoms with van der Waals surface area (Å²) in [5, 5.41) is 5.88. The van der Waals surface area contributed by atoms with Crippen LogP contribution >= 0.6 is 0 Å². The molecule has 0 heterocycles. The number of carbonyl (C=O) groups is 2. The number of hydrogen-bond acceptors (Lipinski definition) is 3. The molecule has 0 radical (unpaired) electrons. The van der Waals surface area contributed by atoms with Gasteiger partial charge in [0.15, 0.2) is 0 Å². The van der Waals surface area contributed by atoms with Gasteiger partial charge in [-0.25, -0.2) is 0 Å². The predicted octanol–water partition coefficient (Wildman–Crippen LogP) is 3.41. The van der Waals surface area contributed by atoms with Gasteiger partial charge in [0, 0.05) is 20.0 Å². The van der Waals surface area contributed by atoms with Crippen LogP contribution in [-0.2, 0) is 22.7 Å². The summed E-state index contributed by atoms with van der Waals surface area (Å²) in [4.78, 5) is 26.4. The van der Waals surface area contributed by atoms with Crippen LogP contribution in [0.3, 0.4) is 0 Å². The zero-order chi connectivity index (χ0) is 20.4. The Morgan fingerprint density at radius 2 is 1.54 bits per heavy atom. The first-order valence-corrected chi connectivity index (χ1v) is 9.91. The van der Waals surface area contributed by atoms with E-state index in [0.717, 1.165) is 30.8 Å². The molecule has 28 heavy (non-hydrogen) atoms. The van der Waals surface area contributed by atoms with Gasteiger partial charge in [0.2, 0.25) is 11.8 Å². The highest BCUT2D eigenvalue weighted by molar-refractivity contribution is 5.79. The highest BCUT2D eigenvalue weighted by Crippen LogP contribution is 2.17. The molecule has 0 bridgehead atoms. The van der Waals surface area contributed by atoms with Crippen LogP contribution < -0.4 is 10.6 Å². The van der Waals surface area contributed by atoms with E-state index in [2.05, 4.69) is 41.5 Å². The van der Waals surface area contributed by atoms with Gasteiger partial charge in [0.25, 0.3) is 0 Å². The third-order valence-corrected chi connectivity index (χ3v) is 4.85. The Morgan fingerprint density at radius 1 is 0.929 bits per heavy atom. The first-order valence-electron chi connectivity index (χ1n) is 9.91. The molecule has 1 atom stereocenters. The van der Waals surface area contributed by atoms with E-state index >= 15 is 0 Å². The molecule has 150 valence electrons. The molecule has 0 saturated carbocycles. The van der Waals surface area contributed by atoms with Crippen molar-refractivity contribution in [2.75, 3.05) is 13.1 Å². The minimum Gasteiger partial charge on any atom is -0.352 e. The lowest BCUT2D eigenvalue weighted by molar-refractivity contribution is -0.122. The lowest BCUT2D eigenvalue weighted by atomic mass is 10.0. The predicted molar refractivity (Wildman–Crippen MR) is 113 cm³/mol. The molecule has 0 unspecified atom stereocenters. The second kappa shape index (κ2) is 11.2. The number of amides is 2. The Morgan fingerprint density at radius 3 is 2.14 bits per heavy atom. The fourth-order valence-electron chi connectivity index (χ4n) is 3.21. The van der Waals surface area contributed by atoms with Crippen molar-refractivity contribution in [1.29, 1.82) is 0 Å². The first-order chi connectivity index (χ1) is 13.5. The van der Waals surface area contributed by atoms with Crippen molar-refractivity contribution in [3.63, 3.8) is 0 Å². The second-order valence-electron chi connectivity index (χ2n) is 6.87. The van der Waals surface area contributed by atoms with Crippen molar-refractivity contribution < 1.29 is 9.59 Å². The summed E-state index contributed by atoms with van der Waals surface area (Å²) in [7, 11) is 0. The van der Waals surface area contributed by atoms with Crippen molar-refractivity contribution >= 4 is 11.8 Å². The molecule has 5 nitrogen and oxygen atoms in total. The fraction of sp³-hybridized carbons (Fsp3) is 0.391. The molecule has 0 aliphatic carbocycles. The van der Waals surface area contributed by atoms with E-state index < -0.39 is 0 Å². The quantitative estimate of drug-likeness (QED) is 0.663. The summed E-state index contributed by atoms with van der Waals surface area (Å²) in [6, 6.07) is 17.5. The first kappa shape index (κ1) is 21.6. The van der Waals surface area contributed by atoms with Crippen LogP contribution in [0.25, 0.3) is 0 Å². The fourth-order valence-corrected chi connectivity index (χ4v) is 3.21. The maximum absolute atomic E-state index is 12.6. The highest BCUT2D eigenvalue weighted by Gasteiger charge is 2.17. The summed E-state index contributed by atoms with van der Waals surface area (Å²) >= 11 is 0. The Hall–Kier alpha value is -2.66. The summed E-state index contributed by atoms with van der Waals surface area (Å²) in [5.74, 6) is -0.230. The zero-order valence-electron chi connectivity index (χ0n) is 17.1. The number of hydrogen-bond donors (Lipinski definition) is 2. The standard InChI is InChI=1S/C23H31N3O2/c1-4-26(5-2)17-21-14-10-9-13-20(21)16-24-23(28)15-22(25-18(3)27)19-11-7-6-8-12-19/h6-14,22H,4-5,15-17H2,1-3H3,(H,24,28)(H,25,27)/t22-/m1/s1. The molecule has 0 aliphatic heterocycles. The molecule has 2 aromatic rings. The van der Waals surface area contributed by atoms with Gasteiger partial charge in [-0.3, -0.25) is 14.5 Å². The van der Waals surface area contributed by atoms with Gasteiger partial charge < -0.3 is 10.6 Å². The van der Waals surface area contributed by atoms with Crippen molar-refractivity contribution in [3.8, 4) is 0 Å². The molecule has 0 fully saturated rings. The summed E-state index contributed by atoms with van der Waals surface area (Å²) < 4.78 is 0. The van der Waals surface area contributed by atoms with E-state index in [9.17, 15) is 9.59 Å². The molecule has 2 N–H and O–H groups in total. The normalized spacial score (nSPS) is 11.9. The Balaban J connectivity index is 2.00. The maximum Gasteiger partial charge on any atom is 0.222 e. The van der Waals surface area contributed by atoms with E-state index in [4.69, 9.17) is 0 Å². The molecule has 0 aliphatic rings. The van der Waals surface area contributed by atoms with Crippen LogP contribution in [0.1, 0.15) is 49.9 Å². The van der Waals surface area contributed by atoms with E-state index in [1.165, 1.54) is 12.5 Å². The number of benzene rings is 2. The largest absolute Gasteiger partial charge is 0.352 e. The summed E-state index contributed by atoms with van der Waals surface area (Å²) in [6.45, 7) is 9.12. The Kier molecular flexibility index (Phi) is 8.69. The Bertz CT molecular complexity index is 757. The van der Waals surface area contributed by atoms with Gasteiger partial charge >= 0.3 is 0 Å². The molecule has 2 rings (SSSR count). The molecule has 0 aromatic heterocycles. The van der Waals surface area contributed by atoms with Crippen molar-refractivity contribution in [1.82, 2.24) is 15.5 Å². The third-order valence-electron chi connectivity index (χ3n) is 4.85. The van der Waals surface area contributed by atoms with Crippen molar-refractivity contribution in [2.24, 2.45) is 0 Å². The topological polar surface area (TPSA) is 61.4 Å². The van der Waals surface area contributed by atoms with Crippen LogP contribution in [0.4, 0.5) is 0 Å². The van der Waals surface area contributed by atoms with E-state index in [0.29, 0.717) is 6.54 Å². The number of nitrogens with one attached hydrogen (secondary N) is 2. The van der Waals surface area contributed by atoms with Crippen LogP contribution in [-0.4, -0.2) is 29.8 Å². The summed E-state index contributed by atoms with van der Waals surface area (Å²) in [6.07, 6.45) is 0.210. The van der Waals surface area contributed by atoms with Crippen molar-refractivity contribution in [2.45, 2.75) is 46.3 Å². The third kappa shape index (κ3) is 6.82. The van der Waals surface area contributed by atoms with Crippen molar-refractivity contribution in [3.05, 3.63) is 71.3 Å². The molecule has 2 amide bonds. The van der Waals surface area contributed by atoms with Crippen LogP contribution in [0.15, 0.2) is 54.6 Å². The zero-order valence-corrected chi connectivity index (χ0v) is 17.1. The number of rotatable bonds is 10. The van der Waals surface area contributed by atoms with E-state index in [1.54, 1.807) is 0 Å². The molecule has 5 heteroatoms. The minimum atomic E-state index is -0.329. The van der Waals surface area contributed by atoms with E-state index in [-0.39, 0.29) is 24.3 Å². The molecule has 0 spiro atoms. The van der Waals surface area contributed by atoms with Gasteiger partial charge in [0.05, 0.1) is 12.5 Å². The Labute approximate surface area is 168 Å². The number of carbonyl (C=O) groups excluding carboxylic acids is 2. The summed E-state index contributed by atoms with van der Waals surface area (Å²) in [5.41, 5.74) is 3.28. The lowest BCUT2D eigenvalue weighted by Gasteiger charge is -2.21. The molecular weight excluding hydrogens is 350 g/mol. The minimum absolute atomic E-state index is 0.0831. The van der Waals surface area contributed by atoms with Crippen LogP contribution in [0, 0.1) is 0 Å². The van der Waals surface area contributed by atoms with Crippen LogP contribution in [0.2, 0.25) is 0 Å². The van der Waals surface area contributed by atoms with Crippen LogP contribution in [0.5, 0.6) is 0 Å². The maximum atomic E-state index is 12.6. The lowest BCUT2D eigenvalue weighted by Crippen LogP contribution is -2.32. The van der Waals surface area contributed by atoms with Gasteiger partial charge in [-0.15, -0.1) is 0 Å². The average Bonchev–Trinajstić information content (AvgIpc) is 2.71. The average molecular weight is 382 g/mol. The molecule has 0 saturated heterocycles. The smallest absolute Gasteiger partial charge is 0.222 e. The highest BCUT2D eigenvalue weighted by atomic mass is 16.2. The molecule has 2 aromatic carbocycles. The monoisotopic (exact) mass is 381 g/mol. The van der Waals surface area contributed by atoms with Gasteiger partial charge in [-0.2, -0.15) is 0 Å². The SMILES string of the molecule is CCN(CC)Cc1ccccc1CNC(=O)C[C@@H](NC(C)=O)c1ccccc1. The second-order valence-corrected chi connectivity index (χ2v) is 6.87. The molecular formula is C23H31N3O2. The van der Waals surface area contributed by atoms with Gasteiger partial charge in [0.1, 0.15) is 0 Å². The van der Waals surface area contributed by atoms with Gasteiger partial charge in [-0.05, 0) is 29.8 Å². The number of nitrogens with zero attached hydrogens (tertiary/aromatic N) is 1. The van der Waals surface area contributed by atoms with E-state index in [1.807, 2.05) is 42.5 Å². The van der Waals surface area contributed by atoms with Gasteiger partial charge in [-0.1, -0.05) is 68.4 Å².